The Morgan fingerprint density at radius 2 is 2.21 bits per heavy atom. The van der Waals surface area contributed by atoms with E-state index in [9.17, 15) is 0 Å². The monoisotopic (exact) mass is 339 g/mol. The summed E-state index contributed by atoms with van der Waals surface area (Å²) in [5.41, 5.74) is 1.34. The lowest BCUT2D eigenvalue weighted by Gasteiger charge is -2.10. The molecule has 0 aliphatic rings. The number of rotatable bonds is 7. The minimum atomic E-state index is 0.865. The lowest BCUT2D eigenvalue weighted by Crippen LogP contribution is -2.14. The average Bonchev–Trinajstić information content (AvgIpc) is 2.92. The van der Waals surface area contributed by atoms with Gasteiger partial charge in [0, 0.05) is 15.9 Å². The Kier molecular flexibility index (Phi) is 6.01. The minimum Gasteiger partial charge on any atom is -0.468 e. The molecule has 0 unspecified atom stereocenters. The van der Waals surface area contributed by atoms with Gasteiger partial charge in [-0.05, 0) is 42.8 Å². The van der Waals surface area contributed by atoms with E-state index in [0.717, 1.165) is 35.5 Å². The van der Waals surface area contributed by atoms with Gasteiger partial charge in [0.15, 0.2) is 0 Å². The molecule has 2 aromatic rings. The SMILES string of the molecule is CCCNCc1ccc(Br)cc1SCc1ccco1. The number of hydrogen-bond donors (Lipinski definition) is 1. The molecule has 1 N–H and O–H groups in total. The number of thioether (sulfide) groups is 1. The van der Waals surface area contributed by atoms with Gasteiger partial charge in [0.05, 0.1) is 12.0 Å². The molecule has 0 aliphatic heterocycles. The van der Waals surface area contributed by atoms with Gasteiger partial charge < -0.3 is 9.73 Å². The van der Waals surface area contributed by atoms with Gasteiger partial charge in [-0.15, -0.1) is 11.8 Å². The molecule has 2 rings (SSSR count). The smallest absolute Gasteiger partial charge is 0.113 e. The van der Waals surface area contributed by atoms with E-state index in [-0.39, 0.29) is 0 Å². The highest BCUT2D eigenvalue weighted by molar-refractivity contribution is 9.10. The van der Waals surface area contributed by atoms with Crippen molar-refractivity contribution in [2.45, 2.75) is 30.5 Å². The van der Waals surface area contributed by atoms with Crippen molar-refractivity contribution in [3.63, 3.8) is 0 Å². The molecule has 0 spiro atoms. The lowest BCUT2D eigenvalue weighted by atomic mass is 10.2. The number of nitrogens with one attached hydrogen (secondary N) is 1. The number of halogens is 1. The van der Waals surface area contributed by atoms with Gasteiger partial charge >= 0.3 is 0 Å². The Labute approximate surface area is 127 Å². The summed E-state index contributed by atoms with van der Waals surface area (Å²) in [4.78, 5) is 1.30. The summed E-state index contributed by atoms with van der Waals surface area (Å²) in [5, 5.41) is 3.45. The molecule has 0 bridgehead atoms. The second-order valence-corrected chi connectivity index (χ2v) is 6.23. The standard InChI is InChI=1S/C15H18BrNOS/c1-2-7-17-10-12-5-6-13(16)9-15(12)19-11-14-4-3-8-18-14/h3-6,8-9,17H,2,7,10-11H2,1H3. The molecule has 19 heavy (non-hydrogen) atoms. The van der Waals surface area contributed by atoms with Crippen LogP contribution in [0.15, 0.2) is 50.4 Å². The van der Waals surface area contributed by atoms with Crippen LogP contribution >= 0.6 is 27.7 Å². The number of benzene rings is 1. The van der Waals surface area contributed by atoms with Gasteiger partial charge in [-0.1, -0.05) is 28.9 Å². The molecule has 0 saturated carbocycles. The van der Waals surface area contributed by atoms with E-state index in [2.05, 4.69) is 46.4 Å². The molecule has 102 valence electrons. The zero-order chi connectivity index (χ0) is 13.5. The fourth-order valence-electron chi connectivity index (χ4n) is 1.75. The Morgan fingerprint density at radius 3 is 2.95 bits per heavy atom. The predicted molar refractivity (Wildman–Crippen MR) is 84.4 cm³/mol. The molecule has 0 aliphatic carbocycles. The first-order chi connectivity index (χ1) is 9.29. The third kappa shape index (κ3) is 4.71. The summed E-state index contributed by atoms with van der Waals surface area (Å²) in [7, 11) is 0. The molecule has 0 saturated heterocycles. The third-order valence-corrected chi connectivity index (χ3v) is 4.33. The molecule has 1 aromatic carbocycles. The van der Waals surface area contributed by atoms with Crippen LogP contribution in [0.1, 0.15) is 24.7 Å². The second-order valence-electron chi connectivity index (χ2n) is 4.30. The Bertz CT molecular complexity index is 499. The van der Waals surface area contributed by atoms with Gasteiger partial charge in [-0.25, -0.2) is 0 Å². The van der Waals surface area contributed by atoms with Crippen molar-refractivity contribution in [3.8, 4) is 0 Å². The molecule has 1 aromatic heterocycles. The van der Waals surface area contributed by atoms with Gasteiger partial charge in [0.25, 0.3) is 0 Å². The van der Waals surface area contributed by atoms with Crippen LogP contribution in [0.3, 0.4) is 0 Å². The fraction of sp³-hybridized carbons (Fsp3) is 0.333. The van der Waals surface area contributed by atoms with Crippen molar-refractivity contribution in [1.82, 2.24) is 5.32 Å². The van der Waals surface area contributed by atoms with E-state index in [1.165, 1.54) is 10.5 Å². The van der Waals surface area contributed by atoms with Crippen LogP contribution in [0, 0.1) is 0 Å². The molecular weight excluding hydrogens is 322 g/mol. The predicted octanol–water partition coefficient (Wildman–Crippen LogP) is 4.83. The van der Waals surface area contributed by atoms with Crippen LogP contribution in [0.4, 0.5) is 0 Å². The minimum absolute atomic E-state index is 0.865. The number of furan rings is 1. The summed E-state index contributed by atoms with van der Waals surface area (Å²) in [6, 6.07) is 10.4. The molecule has 0 radical (unpaired) electrons. The highest BCUT2D eigenvalue weighted by Crippen LogP contribution is 2.29. The quantitative estimate of drug-likeness (QED) is 0.577. The van der Waals surface area contributed by atoms with Gasteiger partial charge in [0.2, 0.25) is 0 Å². The number of hydrogen-bond acceptors (Lipinski definition) is 3. The van der Waals surface area contributed by atoms with Crippen LogP contribution in [0.5, 0.6) is 0 Å². The van der Waals surface area contributed by atoms with Gasteiger partial charge in [-0.2, -0.15) is 0 Å². The van der Waals surface area contributed by atoms with Crippen molar-refractivity contribution in [3.05, 3.63) is 52.4 Å². The fourth-order valence-corrected chi connectivity index (χ4v) is 3.26. The van der Waals surface area contributed by atoms with Crippen molar-refractivity contribution in [1.29, 1.82) is 0 Å². The van der Waals surface area contributed by atoms with Crippen LogP contribution in [0.2, 0.25) is 0 Å². The highest BCUT2D eigenvalue weighted by atomic mass is 79.9. The van der Waals surface area contributed by atoms with E-state index in [0.29, 0.717) is 0 Å². The first-order valence-electron chi connectivity index (χ1n) is 6.44. The molecular formula is C15H18BrNOS. The Hall–Kier alpha value is -0.710. The molecule has 1 heterocycles. The summed E-state index contributed by atoms with van der Waals surface area (Å²) < 4.78 is 6.49. The summed E-state index contributed by atoms with van der Waals surface area (Å²) >= 11 is 5.35. The van der Waals surface area contributed by atoms with Crippen LogP contribution in [-0.2, 0) is 12.3 Å². The maximum Gasteiger partial charge on any atom is 0.113 e. The van der Waals surface area contributed by atoms with Crippen LogP contribution in [0.25, 0.3) is 0 Å². The maximum absolute atomic E-state index is 5.38. The Morgan fingerprint density at radius 1 is 1.32 bits per heavy atom. The van der Waals surface area contributed by atoms with E-state index >= 15 is 0 Å². The van der Waals surface area contributed by atoms with Crippen LogP contribution in [-0.4, -0.2) is 6.54 Å². The molecule has 0 atom stereocenters. The molecule has 0 amide bonds. The zero-order valence-electron chi connectivity index (χ0n) is 11.0. The second kappa shape index (κ2) is 7.78. The lowest BCUT2D eigenvalue weighted by molar-refractivity contribution is 0.530. The first-order valence-corrected chi connectivity index (χ1v) is 8.21. The molecule has 2 nitrogen and oxygen atoms in total. The average molecular weight is 340 g/mol. The van der Waals surface area contributed by atoms with Gasteiger partial charge in [-0.3, -0.25) is 0 Å². The largest absolute Gasteiger partial charge is 0.468 e. The van der Waals surface area contributed by atoms with E-state index in [1.54, 1.807) is 6.26 Å². The van der Waals surface area contributed by atoms with Crippen molar-refractivity contribution < 1.29 is 4.42 Å². The Balaban J connectivity index is 2.01. The zero-order valence-corrected chi connectivity index (χ0v) is 13.4. The van der Waals surface area contributed by atoms with Crippen molar-refractivity contribution in [2.75, 3.05) is 6.54 Å². The molecule has 0 fully saturated rings. The normalized spacial score (nSPS) is 10.8. The van der Waals surface area contributed by atoms with E-state index in [4.69, 9.17) is 4.42 Å². The maximum atomic E-state index is 5.38. The topological polar surface area (TPSA) is 25.2 Å². The molecule has 4 heteroatoms. The van der Waals surface area contributed by atoms with Crippen molar-refractivity contribution >= 4 is 27.7 Å². The summed E-state index contributed by atoms with van der Waals surface area (Å²) in [6.45, 7) is 4.15. The third-order valence-electron chi connectivity index (χ3n) is 2.72. The first kappa shape index (κ1) is 14.7. The highest BCUT2D eigenvalue weighted by Gasteiger charge is 2.05. The van der Waals surface area contributed by atoms with Crippen LogP contribution < -0.4 is 5.32 Å². The van der Waals surface area contributed by atoms with Gasteiger partial charge in [0.1, 0.15) is 5.76 Å². The van der Waals surface area contributed by atoms with Crippen molar-refractivity contribution in [2.24, 2.45) is 0 Å². The van der Waals surface area contributed by atoms with E-state index in [1.807, 2.05) is 23.9 Å². The van der Waals surface area contributed by atoms with E-state index < -0.39 is 0 Å². The summed E-state index contributed by atoms with van der Waals surface area (Å²) in [5.74, 6) is 1.88. The summed E-state index contributed by atoms with van der Waals surface area (Å²) in [6.07, 6.45) is 2.88.